The number of esters is 1. The molecule has 0 N–H and O–H groups in total. The molecule has 0 saturated carbocycles. The minimum atomic E-state index is -0.688. The monoisotopic (exact) mass is 443 g/mol. The van der Waals surface area contributed by atoms with Crippen LogP contribution in [0.5, 0.6) is 0 Å². The lowest BCUT2D eigenvalue weighted by molar-refractivity contribution is 0.0599. The van der Waals surface area contributed by atoms with E-state index in [-0.39, 0.29) is 29.2 Å². The Morgan fingerprint density at radius 1 is 1.06 bits per heavy atom. The van der Waals surface area contributed by atoms with Crippen molar-refractivity contribution >= 4 is 22.8 Å². The molecular weight excluding hydrogens is 422 g/mol. The van der Waals surface area contributed by atoms with Crippen LogP contribution >= 0.6 is 0 Å². The van der Waals surface area contributed by atoms with Gasteiger partial charge >= 0.3 is 5.97 Å². The van der Waals surface area contributed by atoms with Crippen LogP contribution in [0.15, 0.2) is 68.4 Å². The first-order valence-electron chi connectivity index (χ1n) is 10.5. The molecule has 33 heavy (non-hydrogen) atoms. The minimum Gasteiger partial charge on any atom is -0.467 e. The highest BCUT2D eigenvalue weighted by molar-refractivity contribution is 5.99. The van der Waals surface area contributed by atoms with E-state index in [1.165, 1.54) is 13.4 Å². The number of amides is 1. The molecule has 166 valence electrons. The Morgan fingerprint density at radius 3 is 2.45 bits per heavy atom. The maximum absolute atomic E-state index is 13.6. The molecule has 0 aliphatic carbocycles. The van der Waals surface area contributed by atoms with Gasteiger partial charge in [0.2, 0.25) is 5.76 Å². The summed E-state index contributed by atoms with van der Waals surface area (Å²) in [6, 6.07) is 13.1. The third-order valence-corrected chi connectivity index (χ3v) is 6.14. The van der Waals surface area contributed by atoms with E-state index in [1.54, 1.807) is 53.4 Å². The van der Waals surface area contributed by atoms with Gasteiger partial charge in [0.25, 0.3) is 5.91 Å². The van der Waals surface area contributed by atoms with Crippen molar-refractivity contribution in [1.82, 2.24) is 4.90 Å². The van der Waals surface area contributed by atoms with Crippen molar-refractivity contribution in [3.63, 3.8) is 0 Å². The summed E-state index contributed by atoms with van der Waals surface area (Å²) in [7, 11) is 1.31. The number of aryl methyl sites for hydroxylation is 2. The molecule has 7 nitrogen and oxygen atoms in total. The zero-order chi connectivity index (χ0) is 23.3. The molecule has 0 radical (unpaired) electrons. The minimum absolute atomic E-state index is 0.0318. The van der Waals surface area contributed by atoms with Gasteiger partial charge in [-0.05, 0) is 66.9 Å². The van der Waals surface area contributed by atoms with Gasteiger partial charge in [0, 0.05) is 0 Å². The van der Waals surface area contributed by atoms with Crippen LogP contribution in [0.2, 0.25) is 0 Å². The largest absolute Gasteiger partial charge is 0.467 e. The van der Waals surface area contributed by atoms with E-state index in [2.05, 4.69) is 0 Å². The number of fused-ring (bicyclic) bond motifs is 2. The molecule has 0 saturated heterocycles. The lowest BCUT2D eigenvalue weighted by atomic mass is 9.96. The Hall–Kier alpha value is -4.13. The molecule has 4 aromatic rings. The zero-order valence-corrected chi connectivity index (χ0v) is 18.4. The molecule has 7 heteroatoms. The Labute approximate surface area is 189 Å². The highest BCUT2D eigenvalue weighted by atomic mass is 16.5. The van der Waals surface area contributed by atoms with Gasteiger partial charge in [0.05, 0.1) is 42.5 Å². The summed E-state index contributed by atoms with van der Waals surface area (Å²) in [6.07, 6.45) is 1.53. The molecule has 0 bridgehead atoms. The first kappa shape index (κ1) is 20.8. The molecule has 0 spiro atoms. The van der Waals surface area contributed by atoms with Gasteiger partial charge in [-0.2, -0.15) is 0 Å². The van der Waals surface area contributed by atoms with Crippen LogP contribution in [-0.4, -0.2) is 23.9 Å². The summed E-state index contributed by atoms with van der Waals surface area (Å²) in [4.78, 5) is 40.5. The summed E-state index contributed by atoms with van der Waals surface area (Å²) in [6.45, 7) is 4.02. The van der Waals surface area contributed by atoms with Gasteiger partial charge in [0.15, 0.2) is 5.43 Å². The van der Waals surface area contributed by atoms with Gasteiger partial charge in [-0.3, -0.25) is 9.59 Å². The SMILES string of the molecule is COC(=O)c1ccc([C@@H]2c3c(oc4cc(C)c(C)cc4c3=O)C(=O)N2Cc2ccco2)cc1. The second-order valence-corrected chi connectivity index (χ2v) is 8.14. The molecule has 2 aromatic carbocycles. The quantitative estimate of drug-likeness (QED) is 0.431. The predicted octanol–water partition coefficient (Wildman–Crippen LogP) is 4.53. The Morgan fingerprint density at radius 2 is 1.79 bits per heavy atom. The van der Waals surface area contributed by atoms with E-state index in [0.29, 0.717) is 27.9 Å². The van der Waals surface area contributed by atoms with E-state index in [0.717, 1.165) is 11.1 Å². The van der Waals surface area contributed by atoms with Crippen molar-refractivity contribution in [1.29, 1.82) is 0 Å². The topological polar surface area (TPSA) is 90.0 Å². The number of benzene rings is 2. The molecule has 3 heterocycles. The van der Waals surface area contributed by atoms with Gasteiger partial charge in [-0.15, -0.1) is 0 Å². The molecule has 5 rings (SSSR count). The van der Waals surface area contributed by atoms with E-state index >= 15 is 0 Å². The van der Waals surface area contributed by atoms with Crippen molar-refractivity contribution in [3.05, 3.63) is 104 Å². The molecule has 1 amide bonds. The number of methoxy groups -OCH3 is 1. The summed E-state index contributed by atoms with van der Waals surface area (Å²) < 4.78 is 16.3. The number of nitrogens with zero attached hydrogens (tertiary/aromatic N) is 1. The lowest BCUT2D eigenvalue weighted by Crippen LogP contribution is -2.29. The van der Waals surface area contributed by atoms with Crippen molar-refractivity contribution in [2.45, 2.75) is 26.4 Å². The molecule has 0 fully saturated rings. The van der Waals surface area contributed by atoms with Gasteiger partial charge in [-0.1, -0.05) is 12.1 Å². The first-order valence-corrected chi connectivity index (χ1v) is 10.5. The molecule has 0 unspecified atom stereocenters. The summed E-state index contributed by atoms with van der Waals surface area (Å²) >= 11 is 0. The van der Waals surface area contributed by atoms with Crippen molar-refractivity contribution in [2.24, 2.45) is 0 Å². The molecule has 2 aromatic heterocycles. The fraction of sp³-hybridized carbons (Fsp3) is 0.192. The standard InChI is InChI=1S/C26H21NO6/c1-14-11-19-20(12-15(14)2)33-24-21(23(19)28)22(16-6-8-17(9-7-16)26(30)31-3)27(25(24)29)13-18-5-4-10-32-18/h4-12,22H,13H2,1-3H3/t22-/m1/s1. The molecular formula is C26H21NO6. The number of furan rings is 1. The van der Waals surface area contributed by atoms with E-state index in [1.807, 2.05) is 13.8 Å². The number of carbonyl (C=O) groups excluding carboxylic acids is 2. The number of rotatable bonds is 4. The van der Waals surface area contributed by atoms with Crippen LogP contribution in [0.3, 0.4) is 0 Å². The van der Waals surface area contributed by atoms with Crippen LogP contribution in [0.25, 0.3) is 11.0 Å². The Kier molecular flexibility index (Phi) is 4.89. The fourth-order valence-corrected chi connectivity index (χ4v) is 4.27. The van der Waals surface area contributed by atoms with Crippen LogP contribution in [0.4, 0.5) is 0 Å². The summed E-state index contributed by atoms with van der Waals surface area (Å²) in [5, 5.41) is 0.431. The second kappa shape index (κ2) is 7.78. The summed E-state index contributed by atoms with van der Waals surface area (Å²) in [5.74, 6) is -0.241. The first-order chi connectivity index (χ1) is 15.9. The number of carbonyl (C=O) groups is 2. The Bertz CT molecular complexity index is 1450. The summed E-state index contributed by atoms with van der Waals surface area (Å²) in [5.41, 5.74) is 3.41. The van der Waals surface area contributed by atoms with Crippen molar-refractivity contribution in [3.8, 4) is 0 Å². The van der Waals surface area contributed by atoms with Crippen LogP contribution < -0.4 is 5.43 Å². The van der Waals surface area contributed by atoms with Gasteiger partial charge in [0.1, 0.15) is 11.3 Å². The number of hydrogen-bond acceptors (Lipinski definition) is 6. The molecule has 1 aliphatic heterocycles. The second-order valence-electron chi connectivity index (χ2n) is 8.14. The Balaban J connectivity index is 1.71. The van der Waals surface area contributed by atoms with E-state index in [4.69, 9.17) is 13.6 Å². The highest BCUT2D eigenvalue weighted by Gasteiger charge is 2.43. The maximum Gasteiger partial charge on any atom is 0.337 e. The average molecular weight is 443 g/mol. The van der Waals surface area contributed by atoms with Gasteiger partial charge < -0.3 is 18.5 Å². The van der Waals surface area contributed by atoms with Gasteiger partial charge in [-0.25, -0.2) is 4.79 Å². The third kappa shape index (κ3) is 3.33. The van der Waals surface area contributed by atoms with Crippen LogP contribution in [0, 0.1) is 13.8 Å². The molecule has 1 aliphatic rings. The zero-order valence-electron chi connectivity index (χ0n) is 18.4. The van der Waals surface area contributed by atoms with E-state index < -0.39 is 12.0 Å². The number of hydrogen-bond donors (Lipinski definition) is 0. The number of ether oxygens (including phenoxy) is 1. The normalized spacial score (nSPS) is 15.2. The van der Waals surface area contributed by atoms with Crippen LogP contribution in [-0.2, 0) is 11.3 Å². The average Bonchev–Trinajstić information content (AvgIpc) is 3.42. The fourth-order valence-electron chi connectivity index (χ4n) is 4.27. The van der Waals surface area contributed by atoms with Crippen molar-refractivity contribution < 1.29 is 23.2 Å². The van der Waals surface area contributed by atoms with Crippen molar-refractivity contribution in [2.75, 3.05) is 7.11 Å². The van der Waals surface area contributed by atoms with E-state index in [9.17, 15) is 14.4 Å². The predicted molar refractivity (Wildman–Crippen MR) is 120 cm³/mol. The molecule has 1 atom stereocenters. The maximum atomic E-state index is 13.6. The third-order valence-electron chi connectivity index (χ3n) is 6.14. The smallest absolute Gasteiger partial charge is 0.337 e. The van der Waals surface area contributed by atoms with Crippen LogP contribution in [0.1, 0.15) is 55.0 Å². The highest BCUT2D eigenvalue weighted by Crippen LogP contribution is 2.39. The lowest BCUT2D eigenvalue weighted by Gasteiger charge is -2.24.